The Morgan fingerprint density at radius 3 is 2.79 bits per heavy atom. The lowest BCUT2D eigenvalue weighted by Crippen LogP contribution is -2.52. The summed E-state index contributed by atoms with van der Waals surface area (Å²) in [5.74, 6) is 1.14. The van der Waals surface area contributed by atoms with Gasteiger partial charge in [0.2, 0.25) is 0 Å². The molecule has 1 heterocycles. The van der Waals surface area contributed by atoms with Crippen LogP contribution < -0.4 is 5.32 Å². The van der Waals surface area contributed by atoms with Crippen molar-refractivity contribution in [2.24, 2.45) is 0 Å². The van der Waals surface area contributed by atoms with Crippen molar-refractivity contribution in [1.29, 1.82) is 0 Å². The SMILES string of the molecule is CCCNC(C)(CSc1nc(C)ns1)C(=O)OCC. The number of aromatic nitrogens is 2. The first-order valence-corrected chi connectivity index (χ1v) is 8.13. The summed E-state index contributed by atoms with van der Waals surface area (Å²) in [4.78, 5) is 16.4. The molecule has 0 saturated heterocycles. The Hall–Kier alpha value is -0.660. The topological polar surface area (TPSA) is 64.1 Å². The van der Waals surface area contributed by atoms with Crippen LogP contribution in [0.3, 0.4) is 0 Å². The Labute approximate surface area is 122 Å². The zero-order valence-corrected chi connectivity index (χ0v) is 13.5. The number of hydrogen-bond acceptors (Lipinski definition) is 7. The summed E-state index contributed by atoms with van der Waals surface area (Å²) < 4.78 is 10.2. The molecule has 1 rings (SSSR count). The highest BCUT2D eigenvalue weighted by Crippen LogP contribution is 2.25. The minimum absolute atomic E-state index is 0.211. The highest BCUT2D eigenvalue weighted by atomic mass is 32.2. The van der Waals surface area contributed by atoms with E-state index in [1.807, 2.05) is 20.8 Å². The molecule has 0 bridgehead atoms. The summed E-state index contributed by atoms with van der Waals surface area (Å²) in [6.07, 6.45) is 0.970. The maximum Gasteiger partial charge on any atom is 0.326 e. The molecule has 108 valence electrons. The van der Waals surface area contributed by atoms with E-state index in [1.165, 1.54) is 23.3 Å². The molecular formula is C12H21N3O2S2. The van der Waals surface area contributed by atoms with Crippen molar-refractivity contribution in [3.05, 3.63) is 5.82 Å². The van der Waals surface area contributed by atoms with E-state index in [-0.39, 0.29) is 5.97 Å². The second-order valence-corrected chi connectivity index (χ2v) is 6.35. The molecule has 5 nitrogen and oxygen atoms in total. The molecule has 1 atom stereocenters. The van der Waals surface area contributed by atoms with Gasteiger partial charge in [0.05, 0.1) is 6.61 Å². The van der Waals surface area contributed by atoms with Gasteiger partial charge in [0.15, 0.2) is 4.34 Å². The number of hydrogen-bond donors (Lipinski definition) is 1. The first-order chi connectivity index (χ1) is 9.01. The molecule has 0 saturated carbocycles. The molecule has 0 fully saturated rings. The van der Waals surface area contributed by atoms with E-state index in [2.05, 4.69) is 21.6 Å². The van der Waals surface area contributed by atoms with Gasteiger partial charge in [-0.2, -0.15) is 4.37 Å². The summed E-state index contributed by atoms with van der Waals surface area (Å²) in [6, 6.07) is 0. The first kappa shape index (κ1) is 16.4. The lowest BCUT2D eigenvalue weighted by atomic mass is 10.1. The molecule has 1 aromatic heterocycles. The molecule has 0 aromatic carbocycles. The summed E-state index contributed by atoms with van der Waals surface area (Å²) in [6.45, 7) is 8.80. The van der Waals surface area contributed by atoms with Gasteiger partial charge in [-0.05, 0) is 45.3 Å². The molecular weight excluding hydrogens is 282 g/mol. The van der Waals surface area contributed by atoms with Gasteiger partial charge in [-0.25, -0.2) is 4.98 Å². The third-order valence-corrected chi connectivity index (χ3v) is 4.72. The lowest BCUT2D eigenvalue weighted by molar-refractivity contribution is -0.149. The minimum Gasteiger partial charge on any atom is -0.465 e. The van der Waals surface area contributed by atoms with Crippen LogP contribution in [0.5, 0.6) is 0 Å². The van der Waals surface area contributed by atoms with E-state index in [0.29, 0.717) is 12.4 Å². The van der Waals surface area contributed by atoms with Gasteiger partial charge in [0.1, 0.15) is 11.4 Å². The van der Waals surface area contributed by atoms with Crippen LogP contribution in [-0.4, -0.2) is 39.8 Å². The van der Waals surface area contributed by atoms with Crippen LogP contribution in [0.1, 0.15) is 33.0 Å². The fraction of sp³-hybridized carbons (Fsp3) is 0.750. The standard InChI is InChI=1S/C12H21N3O2S2/c1-5-7-13-12(4,10(16)17-6-2)8-18-11-14-9(3)15-19-11/h13H,5-8H2,1-4H3. The number of ether oxygens (including phenoxy) is 1. The number of esters is 1. The van der Waals surface area contributed by atoms with E-state index in [4.69, 9.17) is 4.74 Å². The summed E-state index contributed by atoms with van der Waals surface area (Å²) in [7, 11) is 0. The molecule has 1 N–H and O–H groups in total. The largest absolute Gasteiger partial charge is 0.465 e. The highest BCUT2D eigenvalue weighted by molar-refractivity contribution is 8.01. The quantitative estimate of drug-likeness (QED) is 0.587. The molecule has 1 unspecified atom stereocenters. The molecule has 19 heavy (non-hydrogen) atoms. The first-order valence-electron chi connectivity index (χ1n) is 6.37. The zero-order valence-electron chi connectivity index (χ0n) is 11.9. The molecule has 0 amide bonds. The number of nitrogens with zero attached hydrogens (tertiary/aromatic N) is 2. The number of nitrogens with one attached hydrogen (secondary N) is 1. The molecule has 1 aromatic rings. The predicted molar refractivity (Wildman–Crippen MR) is 78.7 cm³/mol. The monoisotopic (exact) mass is 303 g/mol. The van der Waals surface area contributed by atoms with Gasteiger partial charge in [0.25, 0.3) is 0 Å². The van der Waals surface area contributed by atoms with Gasteiger partial charge in [-0.15, -0.1) is 0 Å². The van der Waals surface area contributed by atoms with Crippen molar-refractivity contribution in [3.63, 3.8) is 0 Å². The van der Waals surface area contributed by atoms with E-state index in [1.54, 1.807) is 0 Å². The molecule has 0 aliphatic heterocycles. The molecule has 0 radical (unpaired) electrons. The van der Waals surface area contributed by atoms with Gasteiger partial charge >= 0.3 is 5.97 Å². The number of carbonyl (C=O) groups excluding carboxylic acids is 1. The normalized spacial score (nSPS) is 14.1. The van der Waals surface area contributed by atoms with Crippen LogP contribution in [0.4, 0.5) is 0 Å². The third kappa shape index (κ3) is 5.08. The van der Waals surface area contributed by atoms with Gasteiger partial charge in [0, 0.05) is 5.75 Å². The third-order valence-electron chi connectivity index (χ3n) is 2.48. The van der Waals surface area contributed by atoms with Crippen LogP contribution in [-0.2, 0) is 9.53 Å². The van der Waals surface area contributed by atoms with Crippen LogP contribution >= 0.6 is 23.3 Å². The van der Waals surface area contributed by atoms with Gasteiger partial charge in [-0.3, -0.25) is 4.79 Å². The Bertz CT molecular complexity index is 411. The van der Waals surface area contributed by atoms with Crippen molar-refractivity contribution < 1.29 is 9.53 Å². The number of rotatable bonds is 8. The van der Waals surface area contributed by atoms with Gasteiger partial charge < -0.3 is 10.1 Å². The van der Waals surface area contributed by atoms with Crippen molar-refractivity contribution in [1.82, 2.24) is 14.7 Å². The molecule has 7 heteroatoms. The van der Waals surface area contributed by atoms with Crippen molar-refractivity contribution in [2.45, 2.75) is 44.0 Å². The Balaban J connectivity index is 2.65. The van der Waals surface area contributed by atoms with E-state index in [9.17, 15) is 4.79 Å². The number of thioether (sulfide) groups is 1. The summed E-state index contributed by atoms with van der Waals surface area (Å²) >= 11 is 2.90. The maximum atomic E-state index is 12.1. The van der Waals surface area contributed by atoms with Crippen LogP contribution in [0.2, 0.25) is 0 Å². The van der Waals surface area contributed by atoms with Crippen LogP contribution in [0.25, 0.3) is 0 Å². The Morgan fingerprint density at radius 2 is 2.26 bits per heavy atom. The maximum absolute atomic E-state index is 12.1. The zero-order chi connectivity index (χ0) is 14.3. The average molecular weight is 303 g/mol. The lowest BCUT2D eigenvalue weighted by Gasteiger charge is -2.27. The second-order valence-electron chi connectivity index (χ2n) is 4.38. The average Bonchev–Trinajstić information content (AvgIpc) is 2.80. The van der Waals surface area contributed by atoms with Crippen LogP contribution in [0, 0.1) is 6.92 Å². The Kier molecular flexibility index (Phi) is 6.74. The number of aryl methyl sites for hydroxylation is 1. The smallest absolute Gasteiger partial charge is 0.326 e. The summed E-state index contributed by atoms with van der Waals surface area (Å²) in [5, 5.41) is 3.27. The fourth-order valence-corrected chi connectivity index (χ4v) is 3.17. The van der Waals surface area contributed by atoms with E-state index < -0.39 is 5.54 Å². The highest BCUT2D eigenvalue weighted by Gasteiger charge is 2.34. The van der Waals surface area contributed by atoms with Crippen molar-refractivity contribution in [2.75, 3.05) is 18.9 Å². The molecule has 0 aliphatic carbocycles. The molecule has 0 aliphatic rings. The van der Waals surface area contributed by atoms with E-state index >= 15 is 0 Å². The minimum atomic E-state index is -0.684. The van der Waals surface area contributed by atoms with Crippen LogP contribution in [0.15, 0.2) is 4.34 Å². The predicted octanol–water partition coefficient (Wildman–Crippen LogP) is 2.26. The second kappa shape index (κ2) is 7.81. The fourth-order valence-electron chi connectivity index (χ4n) is 1.42. The Morgan fingerprint density at radius 1 is 1.53 bits per heavy atom. The molecule has 0 spiro atoms. The van der Waals surface area contributed by atoms with Crippen molar-refractivity contribution in [3.8, 4) is 0 Å². The van der Waals surface area contributed by atoms with E-state index in [0.717, 1.165) is 23.1 Å². The number of carbonyl (C=O) groups is 1. The summed E-state index contributed by atoms with van der Waals surface area (Å²) in [5.41, 5.74) is -0.684. The van der Waals surface area contributed by atoms with Gasteiger partial charge in [-0.1, -0.05) is 18.7 Å². The van der Waals surface area contributed by atoms with Crippen molar-refractivity contribution >= 4 is 29.3 Å².